The summed E-state index contributed by atoms with van der Waals surface area (Å²) in [6, 6.07) is 1.01. The number of nitrogens with one attached hydrogen (secondary N) is 4. The summed E-state index contributed by atoms with van der Waals surface area (Å²) in [5.41, 5.74) is -0.213. The standard InChI is InChI=1S/C28H41F3N4O7S/c1-16(2)13-21(33-25(39)20(9-10-23(36)37)35-27(41)42-14-17(3)4)26(40)34-22(15-43)24(38)32-12-11-18-5-7-19(8-6-18)28(29,30)31/h5-8,16-17,20-22,43H,9-15H2,1-4H3,(H,32,38)(H,33,39)(H,34,40)(H,35,41)(H,36,37)/t20-,21-,22-/m0/s1. The highest BCUT2D eigenvalue weighted by Crippen LogP contribution is 2.29. The van der Waals surface area contributed by atoms with Gasteiger partial charge in [0, 0.05) is 18.7 Å². The summed E-state index contributed by atoms with van der Waals surface area (Å²) in [6.07, 6.45) is -5.64. The second kappa shape index (κ2) is 18.2. The van der Waals surface area contributed by atoms with Gasteiger partial charge in [0.2, 0.25) is 17.7 Å². The molecule has 0 spiro atoms. The first kappa shape index (κ1) is 37.5. The van der Waals surface area contributed by atoms with Crippen molar-refractivity contribution in [2.24, 2.45) is 11.8 Å². The van der Waals surface area contributed by atoms with Gasteiger partial charge in [-0.3, -0.25) is 19.2 Å². The highest BCUT2D eigenvalue weighted by atomic mass is 32.1. The predicted octanol–water partition coefficient (Wildman–Crippen LogP) is 2.93. The largest absolute Gasteiger partial charge is 0.481 e. The minimum absolute atomic E-state index is 0.0259. The Balaban J connectivity index is 2.84. The first-order valence-electron chi connectivity index (χ1n) is 13.8. The van der Waals surface area contributed by atoms with E-state index in [0.29, 0.717) is 5.56 Å². The van der Waals surface area contributed by atoms with Crippen LogP contribution in [0.2, 0.25) is 0 Å². The second-order valence-electron chi connectivity index (χ2n) is 10.8. The summed E-state index contributed by atoms with van der Waals surface area (Å²) in [7, 11) is 0. The van der Waals surface area contributed by atoms with Crippen molar-refractivity contribution in [3.8, 4) is 0 Å². The molecule has 4 amide bonds. The molecule has 5 N–H and O–H groups in total. The average molecular weight is 635 g/mol. The molecule has 1 aromatic rings. The molecule has 0 saturated heterocycles. The number of carboxylic acids is 1. The van der Waals surface area contributed by atoms with Gasteiger partial charge in [-0.2, -0.15) is 25.8 Å². The molecule has 0 aromatic heterocycles. The fourth-order valence-corrected chi connectivity index (χ4v) is 3.98. The lowest BCUT2D eigenvalue weighted by molar-refractivity contribution is -0.138. The van der Waals surface area contributed by atoms with E-state index in [0.717, 1.165) is 12.1 Å². The van der Waals surface area contributed by atoms with Crippen LogP contribution in [0.1, 0.15) is 58.1 Å². The number of alkyl carbamates (subject to hydrolysis) is 1. The van der Waals surface area contributed by atoms with Gasteiger partial charge in [-0.05, 0) is 48.8 Å². The van der Waals surface area contributed by atoms with Crippen molar-refractivity contribution in [2.75, 3.05) is 18.9 Å². The van der Waals surface area contributed by atoms with Crippen LogP contribution in [0.5, 0.6) is 0 Å². The van der Waals surface area contributed by atoms with Gasteiger partial charge in [0.15, 0.2) is 0 Å². The number of alkyl halides is 3. The molecule has 0 aliphatic rings. The van der Waals surface area contributed by atoms with Crippen LogP contribution in [-0.4, -0.2) is 71.9 Å². The number of carbonyl (C=O) groups excluding carboxylic acids is 4. The molecule has 0 radical (unpaired) electrons. The van der Waals surface area contributed by atoms with Crippen molar-refractivity contribution >= 4 is 42.4 Å². The van der Waals surface area contributed by atoms with Gasteiger partial charge in [0.1, 0.15) is 18.1 Å². The number of hydrogen-bond acceptors (Lipinski definition) is 7. The SMILES string of the molecule is CC(C)COC(=O)N[C@@H](CCC(=O)O)C(=O)N[C@@H](CC(C)C)C(=O)N[C@@H](CS)C(=O)NCCc1ccc(C(F)(F)F)cc1. The average Bonchev–Trinajstić information content (AvgIpc) is 2.91. The fourth-order valence-electron chi connectivity index (χ4n) is 3.72. The van der Waals surface area contributed by atoms with Crippen molar-refractivity contribution in [1.82, 2.24) is 21.3 Å². The molecule has 242 valence electrons. The molecule has 0 saturated carbocycles. The number of thiol groups is 1. The van der Waals surface area contributed by atoms with E-state index in [9.17, 15) is 37.1 Å². The normalized spacial score (nSPS) is 13.5. The Morgan fingerprint density at radius 3 is 1.95 bits per heavy atom. The van der Waals surface area contributed by atoms with Gasteiger partial charge >= 0.3 is 18.2 Å². The highest BCUT2D eigenvalue weighted by molar-refractivity contribution is 7.80. The van der Waals surface area contributed by atoms with Gasteiger partial charge in [-0.1, -0.05) is 39.8 Å². The number of rotatable bonds is 17. The van der Waals surface area contributed by atoms with E-state index in [1.165, 1.54) is 12.1 Å². The number of carbonyl (C=O) groups is 5. The number of aliphatic carboxylic acids is 1. The van der Waals surface area contributed by atoms with E-state index >= 15 is 0 Å². The number of benzene rings is 1. The Labute approximate surface area is 254 Å². The fraction of sp³-hybridized carbons (Fsp3) is 0.607. The first-order valence-corrected chi connectivity index (χ1v) is 14.5. The van der Waals surface area contributed by atoms with Crippen LogP contribution in [0.15, 0.2) is 24.3 Å². The first-order chi connectivity index (χ1) is 20.0. The third-order valence-electron chi connectivity index (χ3n) is 5.95. The molecule has 1 rings (SSSR count). The molecule has 0 aliphatic heterocycles. The Kier molecular flexibility index (Phi) is 15.9. The van der Waals surface area contributed by atoms with Crippen molar-refractivity contribution < 1.29 is 47.0 Å². The molecule has 0 fully saturated rings. The van der Waals surface area contributed by atoms with E-state index in [1.54, 1.807) is 13.8 Å². The van der Waals surface area contributed by atoms with Gasteiger partial charge in [0.25, 0.3) is 0 Å². The maximum absolute atomic E-state index is 13.1. The van der Waals surface area contributed by atoms with E-state index < -0.39 is 66.1 Å². The highest BCUT2D eigenvalue weighted by Gasteiger charge is 2.31. The lowest BCUT2D eigenvalue weighted by Gasteiger charge is -2.25. The molecular formula is C28H41F3N4O7S. The third-order valence-corrected chi connectivity index (χ3v) is 6.32. The van der Waals surface area contributed by atoms with Crippen molar-refractivity contribution in [2.45, 2.75) is 77.7 Å². The summed E-state index contributed by atoms with van der Waals surface area (Å²) in [5.74, 6) is -3.41. The van der Waals surface area contributed by atoms with Crippen LogP contribution >= 0.6 is 12.6 Å². The van der Waals surface area contributed by atoms with Gasteiger partial charge in [-0.15, -0.1) is 0 Å². The quantitative estimate of drug-likeness (QED) is 0.144. The lowest BCUT2D eigenvalue weighted by atomic mass is 10.0. The van der Waals surface area contributed by atoms with E-state index in [-0.39, 0.29) is 50.0 Å². The van der Waals surface area contributed by atoms with Gasteiger partial charge in [-0.25, -0.2) is 4.79 Å². The van der Waals surface area contributed by atoms with Gasteiger partial charge in [0.05, 0.1) is 12.2 Å². The summed E-state index contributed by atoms with van der Waals surface area (Å²) in [6.45, 7) is 7.40. The van der Waals surface area contributed by atoms with Crippen LogP contribution in [0.4, 0.5) is 18.0 Å². The Morgan fingerprint density at radius 1 is 0.860 bits per heavy atom. The number of carboxylic acid groups (broad SMARTS) is 1. The Morgan fingerprint density at radius 2 is 1.44 bits per heavy atom. The molecule has 0 bridgehead atoms. The zero-order valence-electron chi connectivity index (χ0n) is 24.6. The van der Waals surface area contributed by atoms with Crippen molar-refractivity contribution in [1.29, 1.82) is 0 Å². The Bertz CT molecular complexity index is 1090. The molecule has 11 nitrogen and oxygen atoms in total. The predicted molar refractivity (Wildman–Crippen MR) is 155 cm³/mol. The molecule has 15 heteroatoms. The maximum Gasteiger partial charge on any atom is 0.416 e. The minimum atomic E-state index is -4.45. The number of halogens is 3. The van der Waals surface area contributed by atoms with E-state index in [4.69, 9.17) is 9.84 Å². The lowest BCUT2D eigenvalue weighted by Crippen LogP contribution is -2.57. The summed E-state index contributed by atoms with van der Waals surface area (Å²) >= 11 is 4.13. The van der Waals surface area contributed by atoms with Crippen LogP contribution in [0, 0.1) is 11.8 Å². The summed E-state index contributed by atoms with van der Waals surface area (Å²) < 4.78 is 43.3. The topological polar surface area (TPSA) is 163 Å². The zero-order chi connectivity index (χ0) is 32.7. The van der Waals surface area contributed by atoms with Crippen LogP contribution in [0.3, 0.4) is 0 Å². The number of hydrogen-bond donors (Lipinski definition) is 6. The molecular weight excluding hydrogens is 593 g/mol. The van der Waals surface area contributed by atoms with E-state index in [2.05, 4.69) is 33.9 Å². The Hall–Kier alpha value is -3.49. The monoisotopic (exact) mass is 634 g/mol. The third kappa shape index (κ3) is 15.0. The van der Waals surface area contributed by atoms with Crippen molar-refractivity contribution in [3.05, 3.63) is 35.4 Å². The van der Waals surface area contributed by atoms with Crippen LogP contribution < -0.4 is 21.3 Å². The van der Waals surface area contributed by atoms with Crippen LogP contribution in [0.25, 0.3) is 0 Å². The molecule has 1 aromatic carbocycles. The zero-order valence-corrected chi connectivity index (χ0v) is 25.5. The van der Waals surface area contributed by atoms with Gasteiger partial charge < -0.3 is 31.1 Å². The number of ether oxygens (including phenoxy) is 1. The van der Waals surface area contributed by atoms with Crippen LogP contribution in [-0.2, 0) is 36.5 Å². The minimum Gasteiger partial charge on any atom is -0.481 e. The smallest absolute Gasteiger partial charge is 0.416 e. The van der Waals surface area contributed by atoms with E-state index in [1.807, 2.05) is 13.8 Å². The summed E-state index contributed by atoms with van der Waals surface area (Å²) in [4.78, 5) is 62.2. The second-order valence-corrected chi connectivity index (χ2v) is 11.2. The molecule has 43 heavy (non-hydrogen) atoms. The number of amides is 4. The van der Waals surface area contributed by atoms with Crippen molar-refractivity contribution in [3.63, 3.8) is 0 Å². The summed E-state index contributed by atoms with van der Waals surface area (Å²) in [5, 5.41) is 19.1. The molecule has 0 aliphatic carbocycles. The molecule has 0 heterocycles. The molecule has 3 atom stereocenters. The maximum atomic E-state index is 13.1. The molecule has 0 unspecified atom stereocenters.